The Morgan fingerprint density at radius 2 is 1.60 bits per heavy atom. The molecule has 3 unspecified atom stereocenters. The second kappa shape index (κ2) is 13.7. The minimum atomic E-state index is -3.69. The Labute approximate surface area is 245 Å². The number of aromatic amines is 2. The summed E-state index contributed by atoms with van der Waals surface area (Å²) in [6.45, 7) is 4.63. The number of H-pyrrole nitrogens is 2. The lowest BCUT2D eigenvalue weighted by atomic mass is 10.0. The second-order valence-electron chi connectivity index (χ2n) is 9.45. The summed E-state index contributed by atoms with van der Waals surface area (Å²) in [4.78, 5) is 55.6. The lowest BCUT2D eigenvalue weighted by Gasteiger charge is -2.29. The molecular weight excluding hydrogens is 597 g/mol. The fraction of sp³-hybridized carbons (Fsp3) is 0.625. The van der Waals surface area contributed by atoms with Gasteiger partial charge in [-0.2, -0.15) is 0 Å². The Bertz CT molecular complexity index is 1590. The summed E-state index contributed by atoms with van der Waals surface area (Å²) >= 11 is 5.71. The second-order valence-corrected chi connectivity index (χ2v) is 12.4. The molecule has 0 amide bonds. The van der Waals surface area contributed by atoms with Gasteiger partial charge in [0.25, 0.3) is 11.1 Å². The van der Waals surface area contributed by atoms with E-state index in [0.29, 0.717) is 0 Å². The molecule has 4 heterocycles. The number of hydrogen-bond acceptors (Lipinski definition) is 12. The molecule has 16 nitrogen and oxygen atoms in total. The first-order valence-electron chi connectivity index (χ1n) is 13.5. The summed E-state index contributed by atoms with van der Waals surface area (Å²) in [6, 6.07) is 2.34. The number of aromatic nitrogens is 4. The maximum Gasteiger partial charge on any atom is 0.330 e. The van der Waals surface area contributed by atoms with Gasteiger partial charge in [0, 0.05) is 46.0 Å². The van der Waals surface area contributed by atoms with Crippen LogP contribution in [0.15, 0.2) is 43.7 Å². The Kier molecular flexibility index (Phi) is 9.99. The molecule has 18 heteroatoms. The van der Waals surface area contributed by atoms with Crippen LogP contribution in [-0.4, -0.2) is 83.6 Å². The first-order valence-corrected chi connectivity index (χ1v) is 15.3. The summed E-state index contributed by atoms with van der Waals surface area (Å²) < 4.78 is 51.6. The van der Waals surface area contributed by atoms with Gasteiger partial charge in [0.1, 0.15) is 24.9 Å². The molecule has 2 aliphatic heterocycles. The number of rotatable bonds is 12. The van der Waals surface area contributed by atoms with E-state index in [1.165, 1.54) is 37.2 Å². The molecule has 0 aliphatic carbocycles. The molecule has 2 aliphatic rings. The van der Waals surface area contributed by atoms with E-state index in [2.05, 4.69) is 14.8 Å². The van der Waals surface area contributed by atoms with Gasteiger partial charge in [-0.25, -0.2) is 16.2 Å². The van der Waals surface area contributed by atoms with Crippen LogP contribution in [0.1, 0.15) is 27.7 Å². The smallest absolute Gasteiger partial charge is 0.330 e. The van der Waals surface area contributed by atoms with Gasteiger partial charge in [-0.1, -0.05) is 6.92 Å². The first-order chi connectivity index (χ1) is 20.5. The van der Waals surface area contributed by atoms with Crippen molar-refractivity contribution >= 4 is 18.5 Å². The predicted octanol–water partition coefficient (Wildman–Crippen LogP) is 0.130. The standard InChI is InChI=1S/C24H32N5O11PS/c1-13-15(39-21(18(13)34-4)28-9-6-16(30)26-23(28)32)12-37-41(42,36-11-8-25-3)40-19-14(2)38-22(20(19)35-5)29-10-7-17(31)27-24(29)33/h6-7,9-10,13-15,18-22H,8,11-12H2,1-2,4-5H3,(H,26,30,32)(H,27,31,33)/t13?,14-,15-,18+,19?,20+,21-,22-,41?/m1/s1/i2D. The highest BCUT2D eigenvalue weighted by Gasteiger charge is 2.49. The zero-order chi connectivity index (χ0) is 31.3. The van der Waals surface area contributed by atoms with Crippen LogP contribution in [0.4, 0.5) is 0 Å². The quantitative estimate of drug-likeness (QED) is 0.184. The monoisotopic (exact) mass is 630 g/mol. The van der Waals surface area contributed by atoms with Crippen molar-refractivity contribution in [2.75, 3.05) is 34.0 Å². The average Bonchev–Trinajstić information content (AvgIpc) is 3.47. The molecule has 42 heavy (non-hydrogen) atoms. The van der Waals surface area contributed by atoms with E-state index in [1.54, 1.807) is 0 Å². The molecule has 9 atom stereocenters. The fourth-order valence-corrected chi connectivity index (χ4v) is 6.86. The van der Waals surface area contributed by atoms with Gasteiger partial charge in [0.15, 0.2) is 12.5 Å². The minimum absolute atomic E-state index is 0.0312. The first kappa shape index (κ1) is 30.7. The van der Waals surface area contributed by atoms with Crippen molar-refractivity contribution in [2.24, 2.45) is 5.92 Å². The molecule has 2 aromatic rings. The minimum Gasteiger partial charge on any atom is -0.376 e. The summed E-state index contributed by atoms with van der Waals surface area (Å²) in [5.74, 6) is -0.320. The van der Waals surface area contributed by atoms with Crippen LogP contribution in [0.5, 0.6) is 0 Å². The molecular formula is C24H32N5O11PS. The Hall–Kier alpha value is -2.78. The molecule has 0 saturated carbocycles. The lowest BCUT2D eigenvalue weighted by molar-refractivity contribution is -0.0642. The van der Waals surface area contributed by atoms with Crippen LogP contribution in [0.2, 0.25) is 0 Å². The van der Waals surface area contributed by atoms with Crippen LogP contribution in [0.25, 0.3) is 4.85 Å². The van der Waals surface area contributed by atoms with Gasteiger partial charge in [-0.05, 0) is 18.7 Å². The van der Waals surface area contributed by atoms with E-state index in [4.69, 9.17) is 52.3 Å². The molecule has 2 N–H and O–H groups in total. The highest BCUT2D eigenvalue weighted by molar-refractivity contribution is 8.07. The van der Waals surface area contributed by atoms with Crippen LogP contribution in [-0.2, 0) is 44.3 Å². The van der Waals surface area contributed by atoms with Crippen LogP contribution in [0, 0.1) is 12.5 Å². The van der Waals surface area contributed by atoms with E-state index in [9.17, 15) is 19.2 Å². The van der Waals surface area contributed by atoms with Gasteiger partial charge in [0.2, 0.25) is 6.54 Å². The largest absolute Gasteiger partial charge is 0.376 e. The van der Waals surface area contributed by atoms with Crippen LogP contribution in [0.3, 0.4) is 0 Å². The Balaban J connectivity index is 1.56. The van der Waals surface area contributed by atoms with Crippen molar-refractivity contribution < 1.29 is 33.9 Å². The third-order valence-corrected chi connectivity index (χ3v) is 9.24. The normalized spacial score (nSPS) is 31.0. The van der Waals surface area contributed by atoms with Gasteiger partial charge in [-0.15, -0.1) is 0 Å². The van der Waals surface area contributed by atoms with Crippen molar-refractivity contribution in [3.8, 4) is 0 Å². The number of methoxy groups -OCH3 is 2. The van der Waals surface area contributed by atoms with Crippen LogP contribution >= 0.6 is 6.72 Å². The maximum absolute atomic E-state index is 12.5. The SMILES string of the molecule is [2H]C[C@H]1O[C@@H](n2ccc(=O)[nH]c2=O)[C@@H](OC)C1OP(=S)(OCC[N+]#[C-])OC[C@H]1O[C@@H](n2ccc(=O)[nH]c2=O)[C@@H](OC)C1C. The zero-order valence-corrected chi connectivity index (χ0v) is 24.7. The zero-order valence-electron chi connectivity index (χ0n) is 23.9. The topological polar surface area (TPSA) is 179 Å². The third-order valence-electron chi connectivity index (χ3n) is 6.88. The number of hydrogen-bond donors (Lipinski definition) is 2. The molecule has 230 valence electrons. The van der Waals surface area contributed by atoms with E-state index in [1.807, 2.05) is 6.92 Å². The van der Waals surface area contributed by atoms with Gasteiger partial charge in [-0.3, -0.25) is 33.2 Å². The van der Waals surface area contributed by atoms with Gasteiger partial charge in [0.05, 0.1) is 18.8 Å². The number of nitrogens with one attached hydrogen (secondary N) is 2. The van der Waals surface area contributed by atoms with E-state index < -0.39 is 72.2 Å². The third kappa shape index (κ3) is 6.88. The summed E-state index contributed by atoms with van der Waals surface area (Å²) in [5, 5.41) is 0. The molecule has 0 bridgehead atoms. The van der Waals surface area contributed by atoms with Gasteiger partial charge >= 0.3 is 18.1 Å². The van der Waals surface area contributed by atoms with Crippen molar-refractivity contribution in [1.82, 2.24) is 19.1 Å². The molecule has 0 radical (unpaired) electrons. The van der Waals surface area contributed by atoms with E-state index in [-0.39, 0.29) is 32.6 Å². The molecule has 0 spiro atoms. The fourth-order valence-electron chi connectivity index (χ4n) is 4.77. The van der Waals surface area contributed by atoms with Gasteiger partial charge < -0.3 is 32.8 Å². The Morgan fingerprint density at radius 1 is 1.00 bits per heavy atom. The van der Waals surface area contributed by atoms with E-state index in [0.717, 1.165) is 10.6 Å². The molecule has 2 saturated heterocycles. The molecule has 2 aromatic heterocycles. The average molecular weight is 631 g/mol. The number of nitrogens with zero attached hydrogens (tertiary/aromatic N) is 3. The number of ether oxygens (including phenoxy) is 4. The van der Waals surface area contributed by atoms with Crippen molar-refractivity contribution in [3.05, 3.63) is 77.6 Å². The predicted molar refractivity (Wildman–Crippen MR) is 149 cm³/mol. The Morgan fingerprint density at radius 3 is 2.12 bits per heavy atom. The summed E-state index contributed by atoms with van der Waals surface area (Å²) in [5.41, 5.74) is -2.57. The van der Waals surface area contributed by atoms with E-state index >= 15 is 0 Å². The lowest BCUT2D eigenvalue weighted by Crippen LogP contribution is -2.39. The highest BCUT2D eigenvalue weighted by Crippen LogP contribution is 2.54. The van der Waals surface area contributed by atoms with Crippen molar-refractivity contribution in [2.45, 2.75) is 56.8 Å². The van der Waals surface area contributed by atoms with Crippen molar-refractivity contribution in [1.29, 1.82) is 0 Å². The maximum atomic E-state index is 12.5. The van der Waals surface area contributed by atoms with Crippen LogP contribution < -0.4 is 22.5 Å². The highest BCUT2D eigenvalue weighted by atomic mass is 32.5. The molecule has 0 aromatic carbocycles. The summed E-state index contributed by atoms with van der Waals surface area (Å²) in [7, 11) is 2.83. The van der Waals surface area contributed by atoms with Crippen molar-refractivity contribution in [3.63, 3.8) is 0 Å². The molecule has 2 fully saturated rings. The molecule has 4 rings (SSSR count). The summed E-state index contributed by atoms with van der Waals surface area (Å²) in [6.07, 6.45) is -3.59.